The van der Waals surface area contributed by atoms with E-state index in [-0.39, 0.29) is 5.91 Å². The van der Waals surface area contributed by atoms with Crippen LogP contribution in [-0.2, 0) is 17.8 Å². The number of halogens is 1. The number of aryl methyl sites for hydroxylation is 1. The van der Waals surface area contributed by atoms with Gasteiger partial charge in [-0.3, -0.25) is 4.79 Å². The molecule has 1 aliphatic rings. The lowest BCUT2D eigenvalue weighted by atomic mass is 10.1. The zero-order chi connectivity index (χ0) is 13.7. The summed E-state index contributed by atoms with van der Waals surface area (Å²) in [6, 6.07) is 9.06. The molecule has 0 N–H and O–H groups in total. The van der Waals surface area contributed by atoms with Crippen LogP contribution in [0.1, 0.15) is 43.7 Å². The molecular weight excluding hydrogens is 258 g/mol. The molecule has 104 valence electrons. The maximum Gasteiger partial charge on any atom is 0.223 e. The van der Waals surface area contributed by atoms with Crippen molar-refractivity contribution in [2.24, 2.45) is 0 Å². The van der Waals surface area contributed by atoms with E-state index in [2.05, 4.69) is 31.2 Å². The van der Waals surface area contributed by atoms with Crippen molar-refractivity contribution >= 4 is 17.5 Å². The normalized spacial score (nSPS) is 14.4. The van der Waals surface area contributed by atoms with E-state index in [0.29, 0.717) is 18.3 Å². The first-order valence-electron chi connectivity index (χ1n) is 7.18. The molecule has 0 unspecified atom stereocenters. The van der Waals surface area contributed by atoms with Gasteiger partial charge in [0.25, 0.3) is 0 Å². The van der Waals surface area contributed by atoms with Crippen LogP contribution >= 0.6 is 11.6 Å². The number of hydrogen-bond acceptors (Lipinski definition) is 1. The Bertz CT molecular complexity index is 411. The van der Waals surface area contributed by atoms with Crippen molar-refractivity contribution in [3.63, 3.8) is 0 Å². The third kappa shape index (κ3) is 4.24. The molecule has 1 aliphatic carbocycles. The van der Waals surface area contributed by atoms with Gasteiger partial charge in [0, 0.05) is 24.9 Å². The standard InChI is InChI=1S/C16H22ClNO/c1-2-13-5-7-14(8-6-13)12-18(15-9-10-15)16(19)4-3-11-17/h5-8,15H,2-4,9-12H2,1H3. The van der Waals surface area contributed by atoms with Crippen LogP contribution in [0.5, 0.6) is 0 Å². The van der Waals surface area contributed by atoms with Crippen LogP contribution in [0.3, 0.4) is 0 Å². The second-order valence-electron chi connectivity index (χ2n) is 5.22. The third-order valence-corrected chi connectivity index (χ3v) is 3.88. The molecule has 1 aromatic rings. The van der Waals surface area contributed by atoms with Gasteiger partial charge in [0.1, 0.15) is 0 Å². The number of hydrogen-bond donors (Lipinski definition) is 0. The molecule has 3 heteroatoms. The van der Waals surface area contributed by atoms with Gasteiger partial charge in [0.05, 0.1) is 0 Å². The third-order valence-electron chi connectivity index (χ3n) is 3.62. The first kappa shape index (κ1) is 14.4. The van der Waals surface area contributed by atoms with Crippen LogP contribution in [0, 0.1) is 0 Å². The zero-order valence-electron chi connectivity index (χ0n) is 11.6. The number of rotatable bonds is 7. The van der Waals surface area contributed by atoms with E-state index in [0.717, 1.165) is 32.2 Å². The quantitative estimate of drug-likeness (QED) is 0.696. The molecule has 0 radical (unpaired) electrons. The summed E-state index contributed by atoms with van der Waals surface area (Å²) >= 11 is 5.67. The molecule has 1 amide bonds. The van der Waals surface area contributed by atoms with Gasteiger partial charge in [-0.05, 0) is 36.8 Å². The highest BCUT2D eigenvalue weighted by molar-refractivity contribution is 6.17. The summed E-state index contributed by atoms with van der Waals surface area (Å²) in [5.41, 5.74) is 2.57. The molecule has 0 bridgehead atoms. The average Bonchev–Trinajstić information content (AvgIpc) is 3.27. The summed E-state index contributed by atoms with van der Waals surface area (Å²) in [5.74, 6) is 0.817. The number of nitrogens with zero attached hydrogens (tertiary/aromatic N) is 1. The van der Waals surface area contributed by atoms with E-state index < -0.39 is 0 Å². The number of amides is 1. The minimum absolute atomic E-state index is 0.253. The number of carbonyl (C=O) groups excluding carboxylic acids is 1. The maximum atomic E-state index is 12.2. The highest BCUT2D eigenvalue weighted by Crippen LogP contribution is 2.29. The fourth-order valence-electron chi connectivity index (χ4n) is 2.25. The highest BCUT2D eigenvalue weighted by Gasteiger charge is 2.31. The summed E-state index contributed by atoms with van der Waals surface area (Å²) < 4.78 is 0. The summed E-state index contributed by atoms with van der Waals surface area (Å²) in [6.07, 6.45) is 4.71. The molecular formula is C16H22ClNO. The average molecular weight is 280 g/mol. The topological polar surface area (TPSA) is 20.3 Å². The molecule has 0 aliphatic heterocycles. The first-order valence-corrected chi connectivity index (χ1v) is 7.71. The Hall–Kier alpha value is -1.02. The number of alkyl halides is 1. The molecule has 19 heavy (non-hydrogen) atoms. The number of benzene rings is 1. The van der Waals surface area contributed by atoms with Crippen molar-refractivity contribution in [3.8, 4) is 0 Å². The van der Waals surface area contributed by atoms with Crippen LogP contribution < -0.4 is 0 Å². The van der Waals surface area contributed by atoms with E-state index in [1.54, 1.807) is 0 Å². The van der Waals surface area contributed by atoms with Gasteiger partial charge < -0.3 is 4.90 Å². The predicted octanol–water partition coefficient (Wildman–Crippen LogP) is 3.76. The van der Waals surface area contributed by atoms with Crippen molar-refractivity contribution in [3.05, 3.63) is 35.4 Å². The van der Waals surface area contributed by atoms with Gasteiger partial charge in [-0.1, -0.05) is 31.2 Å². The van der Waals surface area contributed by atoms with Crippen molar-refractivity contribution in [2.75, 3.05) is 5.88 Å². The molecule has 2 rings (SSSR count). The summed E-state index contributed by atoms with van der Waals surface area (Å²) in [7, 11) is 0. The van der Waals surface area contributed by atoms with Crippen LogP contribution in [0.2, 0.25) is 0 Å². The predicted molar refractivity (Wildman–Crippen MR) is 79.3 cm³/mol. The Morgan fingerprint density at radius 1 is 1.26 bits per heavy atom. The van der Waals surface area contributed by atoms with Gasteiger partial charge in [-0.25, -0.2) is 0 Å². The lowest BCUT2D eigenvalue weighted by Crippen LogP contribution is -2.32. The molecule has 1 fully saturated rings. The Morgan fingerprint density at radius 3 is 2.42 bits per heavy atom. The molecule has 0 heterocycles. The highest BCUT2D eigenvalue weighted by atomic mass is 35.5. The maximum absolute atomic E-state index is 12.2. The van der Waals surface area contributed by atoms with Crippen LogP contribution in [-0.4, -0.2) is 22.7 Å². The Morgan fingerprint density at radius 2 is 1.89 bits per heavy atom. The molecule has 0 spiro atoms. The van der Waals surface area contributed by atoms with Crippen molar-refractivity contribution in [1.29, 1.82) is 0 Å². The van der Waals surface area contributed by atoms with Crippen LogP contribution in [0.25, 0.3) is 0 Å². The number of carbonyl (C=O) groups is 1. The smallest absolute Gasteiger partial charge is 0.223 e. The molecule has 2 nitrogen and oxygen atoms in total. The lowest BCUT2D eigenvalue weighted by molar-refractivity contribution is -0.132. The SMILES string of the molecule is CCc1ccc(CN(C(=O)CCCCl)C2CC2)cc1. The van der Waals surface area contributed by atoms with Gasteiger partial charge >= 0.3 is 0 Å². The second kappa shape index (κ2) is 6.95. The van der Waals surface area contributed by atoms with Crippen molar-refractivity contribution in [2.45, 2.75) is 51.6 Å². The van der Waals surface area contributed by atoms with E-state index >= 15 is 0 Å². The van der Waals surface area contributed by atoms with E-state index in [4.69, 9.17) is 11.6 Å². The van der Waals surface area contributed by atoms with Gasteiger partial charge in [0.15, 0.2) is 0 Å². The first-order chi connectivity index (χ1) is 9.24. The molecule has 0 aromatic heterocycles. The minimum Gasteiger partial charge on any atom is -0.335 e. The zero-order valence-corrected chi connectivity index (χ0v) is 12.3. The summed E-state index contributed by atoms with van der Waals surface area (Å²) in [6.45, 7) is 2.90. The fourth-order valence-corrected chi connectivity index (χ4v) is 2.38. The van der Waals surface area contributed by atoms with Crippen molar-refractivity contribution in [1.82, 2.24) is 4.90 Å². The second-order valence-corrected chi connectivity index (χ2v) is 5.59. The Kier molecular flexibility index (Phi) is 5.26. The monoisotopic (exact) mass is 279 g/mol. The van der Waals surface area contributed by atoms with E-state index in [9.17, 15) is 4.79 Å². The van der Waals surface area contributed by atoms with Crippen LogP contribution in [0.4, 0.5) is 0 Å². The molecule has 1 saturated carbocycles. The Labute approximate surface area is 120 Å². The van der Waals surface area contributed by atoms with Crippen LogP contribution in [0.15, 0.2) is 24.3 Å². The molecule has 1 aromatic carbocycles. The lowest BCUT2D eigenvalue weighted by Gasteiger charge is -2.22. The molecule has 0 saturated heterocycles. The summed E-state index contributed by atoms with van der Waals surface area (Å²) in [5, 5.41) is 0. The van der Waals surface area contributed by atoms with E-state index in [1.807, 2.05) is 4.90 Å². The van der Waals surface area contributed by atoms with Gasteiger partial charge in [-0.2, -0.15) is 0 Å². The molecule has 0 atom stereocenters. The van der Waals surface area contributed by atoms with Gasteiger partial charge in [0.2, 0.25) is 5.91 Å². The van der Waals surface area contributed by atoms with E-state index in [1.165, 1.54) is 11.1 Å². The summed E-state index contributed by atoms with van der Waals surface area (Å²) in [4.78, 5) is 14.2. The van der Waals surface area contributed by atoms with Gasteiger partial charge in [-0.15, -0.1) is 11.6 Å². The largest absolute Gasteiger partial charge is 0.335 e. The Balaban J connectivity index is 1.97. The van der Waals surface area contributed by atoms with Crippen molar-refractivity contribution < 1.29 is 4.79 Å². The minimum atomic E-state index is 0.253. The fraction of sp³-hybridized carbons (Fsp3) is 0.562.